The lowest BCUT2D eigenvalue weighted by Gasteiger charge is -2.24. The fourth-order valence-electron chi connectivity index (χ4n) is 1.29. The van der Waals surface area contributed by atoms with Crippen molar-refractivity contribution in [2.75, 3.05) is 5.32 Å². The van der Waals surface area contributed by atoms with Crippen LogP contribution in [0.25, 0.3) is 0 Å². The number of hydrogen-bond acceptors (Lipinski definition) is 2. The number of aryl methyl sites for hydroxylation is 1. The van der Waals surface area contributed by atoms with Gasteiger partial charge in [-0.3, -0.25) is 9.59 Å². The van der Waals surface area contributed by atoms with Crippen molar-refractivity contribution in [2.24, 2.45) is 0 Å². The zero-order chi connectivity index (χ0) is 13.1. The van der Waals surface area contributed by atoms with Crippen molar-refractivity contribution in [1.82, 2.24) is 5.32 Å². The van der Waals surface area contributed by atoms with Crippen molar-refractivity contribution < 1.29 is 9.59 Å². The second kappa shape index (κ2) is 5.04. The highest BCUT2D eigenvalue weighted by Crippen LogP contribution is 2.12. The third kappa shape index (κ3) is 3.94. The van der Waals surface area contributed by atoms with Gasteiger partial charge in [-0.25, -0.2) is 0 Å². The van der Waals surface area contributed by atoms with Crippen molar-refractivity contribution in [3.05, 3.63) is 29.8 Å². The number of hydrogen-bond donors (Lipinski definition) is 2. The van der Waals surface area contributed by atoms with Gasteiger partial charge in [0.25, 0.3) is 0 Å². The van der Waals surface area contributed by atoms with Gasteiger partial charge in [-0.15, -0.1) is 0 Å². The van der Waals surface area contributed by atoms with Crippen LogP contribution in [0, 0.1) is 6.92 Å². The van der Waals surface area contributed by atoms with Crippen molar-refractivity contribution in [3.8, 4) is 0 Å². The summed E-state index contributed by atoms with van der Waals surface area (Å²) >= 11 is 0. The van der Waals surface area contributed by atoms with Crippen LogP contribution < -0.4 is 10.6 Å². The predicted octanol–water partition coefficient (Wildman–Crippen LogP) is 1.59. The minimum absolute atomic E-state index is 0.319. The second-order valence-corrected chi connectivity index (χ2v) is 4.43. The molecule has 1 aromatic carbocycles. The minimum atomic E-state index is -1.04. The molecule has 2 N–H and O–H groups in total. The fourth-order valence-corrected chi connectivity index (χ4v) is 1.29. The molecular weight excluding hydrogens is 215 g/mol. The van der Waals surface area contributed by atoms with Gasteiger partial charge in [-0.05, 0) is 32.9 Å². The minimum Gasteiger partial charge on any atom is -0.352 e. The molecule has 0 spiro atoms. The summed E-state index contributed by atoms with van der Waals surface area (Å²) in [7, 11) is 5.00. The number of carbonyl (C=O) groups is 2. The molecule has 2 radical (unpaired) electrons. The normalized spacial score (nSPS) is 10.8. The summed E-state index contributed by atoms with van der Waals surface area (Å²) in [5, 5.41) is 5.08. The number of anilines is 1. The highest BCUT2D eigenvalue weighted by Gasteiger charge is 2.27. The summed E-state index contributed by atoms with van der Waals surface area (Å²) in [6.45, 7) is 5.13. The van der Waals surface area contributed by atoms with Gasteiger partial charge in [-0.1, -0.05) is 17.7 Å². The van der Waals surface area contributed by atoms with Gasteiger partial charge in [0.1, 0.15) is 5.54 Å². The SMILES string of the molecule is [B]C(=O)NC(C)(C)C(=O)Nc1ccc(C)cc1. The summed E-state index contributed by atoms with van der Waals surface area (Å²) in [6.07, 6.45) is 0. The monoisotopic (exact) mass is 230 g/mol. The number of amides is 2. The zero-order valence-electron chi connectivity index (χ0n) is 10.2. The van der Waals surface area contributed by atoms with Gasteiger partial charge in [0.15, 0.2) is 5.81 Å². The average molecular weight is 230 g/mol. The van der Waals surface area contributed by atoms with Crippen LogP contribution in [0.2, 0.25) is 0 Å². The Morgan fingerprint density at radius 1 is 1.18 bits per heavy atom. The first-order chi connectivity index (χ1) is 7.81. The lowest BCUT2D eigenvalue weighted by Crippen LogP contribution is -2.52. The summed E-state index contributed by atoms with van der Waals surface area (Å²) in [6, 6.07) is 7.38. The van der Waals surface area contributed by atoms with Crippen LogP contribution >= 0.6 is 0 Å². The van der Waals surface area contributed by atoms with Crippen LogP contribution in [0.4, 0.5) is 10.5 Å². The fraction of sp³-hybridized carbons (Fsp3) is 0.333. The van der Waals surface area contributed by atoms with Crippen molar-refractivity contribution in [2.45, 2.75) is 26.3 Å². The van der Waals surface area contributed by atoms with E-state index in [0.29, 0.717) is 5.69 Å². The molecule has 1 rings (SSSR count). The smallest absolute Gasteiger partial charge is 0.249 e. The molecule has 0 atom stereocenters. The van der Waals surface area contributed by atoms with E-state index in [-0.39, 0.29) is 5.91 Å². The highest BCUT2D eigenvalue weighted by molar-refractivity contribution is 6.57. The van der Waals surface area contributed by atoms with E-state index in [1.54, 1.807) is 26.0 Å². The molecule has 0 saturated carbocycles. The molecule has 5 heteroatoms. The number of nitrogens with one attached hydrogen (secondary N) is 2. The van der Waals surface area contributed by atoms with E-state index in [0.717, 1.165) is 5.56 Å². The Bertz CT molecular complexity index is 427. The molecule has 0 aliphatic heterocycles. The van der Waals surface area contributed by atoms with Crippen LogP contribution in [0.1, 0.15) is 19.4 Å². The van der Waals surface area contributed by atoms with Crippen molar-refractivity contribution in [3.63, 3.8) is 0 Å². The quantitative estimate of drug-likeness (QED) is 0.774. The Morgan fingerprint density at radius 2 is 1.71 bits per heavy atom. The lowest BCUT2D eigenvalue weighted by molar-refractivity contribution is -0.120. The topological polar surface area (TPSA) is 58.2 Å². The standard InChI is InChI=1S/C12H15BN2O2/c1-8-4-6-9(7-5-8)14-10(16)12(2,3)15-11(13)17/h4-7H,1-3H3,(H,14,16)(H,15,17). The maximum atomic E-state index is 11.9. The summed E-state index contributed by atoms with van der Waals surface area (Å²) in [4.78, 5) is 22.6. The first-order valence-corrected chi connectivity index (χ1v) is 5.27. The maximum Gasteiger partial charge on any atom is 0.249 e. The van der Waals surface area contributed by atoms with Gasteiger partial charge in [0.05, 0.1) is 0 Å². The van der Waals surface area contributed by atoms with Crippen LogP contribution in [-0.4, -0.2) is 25.1 Å². The van der Waals surface area contributed by atoms with Gasteiger partial charge in [-0.2, -0.15) is 0 Å². The van der Waals surface area contributed by atoms with E-state index in [9.17, 15) is 9.59 Å². The second-order valence-electron chi connectivity index (χ2n) is 4.43. The van der Waals surface area contributed by atoms with E-state index in [4.69, 9.17) is 7.85 Å². The van der Waals surface area contributed by atoms with Crippen LogP contribution in [0.15, 0.2) is 24.3 Å². The van der Waals surface area contributed by atoms with E-state index in [1.165, 1.54) is 0 Å². The number of rotatable bonds is 3. The van der Waals surface area contributed by atoms with Gasteiger partial charge in [0.2, 0.25) is 13.8 Å². The summed E-state index contributed by atoms with van der Waals surface area (Å²) in [5.41, 5.74) is 0.744. The Kier molecular flexibility index (Phi) is 3.94. The molecule has 88 valence electrons. The van der Waals surface area contributed by atoms with Crippen LogP contribution in [0.5, 0.6) is 0 Å². The maximum absolute atomic E-state index is 11.9. The molecule has 0 unspecified atom stereocenters. The predicted molar refractivity (Wildman–Crippen MR) is 68.2 cm³/mol. The van der Waals surface area contributed by atoms with E-state index >= 15 is 0 Å². The van der Waals surface area contributed by atoms with Crippen LogP contribution in [0.3, 0.4) is 0 Å². The zero-order valence-corrected chi connectivity index (χ0v) is 10.2. The lowest BCUT2D eigenvalue weighted by atomic mass is 10.0. The first kappa shape index (κ1) is 13.3. The molecule has 2 amide bonds. The molecule has 0 bridgehead atoms. The third-order valence-electron chi connectivity index (χ3n) is 2.31. The molecule has 1 aromatic rings. The number of carbonyl (C=O) groups excluding carboxylic acids is 2. The van der Waals surface area contributed by atoms with Gasteiger partial charge >= 0.3 is 0 Å². The Hall–Kier alpha value is -1.78. The number of benzene rings is 1. The Labute approximate surface area is 102 Å². The van der Waals surface area contributed by atoms with Gasteiger partial charge < -0.3 is 10.6 Å². The first-order valence-electron chi connectivity index (χ1n) is 5.27. The van der Waals surface area contributed by atoms with E-state index in [2.05, 4.69) is 10.6 Å². The molecule has 0 fully saturated rings. The molecule has 0 aliphatic carbocycles. The van der Waals surface area contributed by atoms with E-state index < -0.39 is 11.3 Å². The molecule has 17 heavy (non-hydrogen) atoms. The molecule has 0 heterocycles. The molecule has 0 aliphatic rings. The summed E-state index contributed by atoms with van der Waals surface area (Å²) < 4.78 is 0. The molecule has 0 aromatic heterocycles. The molecule has 0 saturated heterocycles. The average Bonchev–Trinajstić information content (AvgIpc) is 2.19. The Morgan fingerprint density at radius 3 is 2.18 bits per heavy atom. The highest BCUT2D eigenvalue weighted by atomic mass is 16.2. The largest absolute Gasteiger partial charge is 0.352 e. The van der Waals surface area contributed by atoms with Crippen molar-refractivity contribution in [1.29, 1.82) is 0 Å². The molecular formula is C12H15BN2O2. The summed E-state index contributed by atoms with van der Waals surface area (Å²) in [5.74, 6) is -1.05. The van der Waals surface area contributed by atoms with E-state index in [1.807, 2.05) is 19.1 Å². The van der Waals surface area contributed by atoms with Gasteiger partial charge in [0, 0.05) is 5.69 Å². The Balaban J connectivity index is 2.71. The van der Waals surface area contributed by atoms with Crippen LogP contribution in [-0.2, 0) is 4.79 Å². The molecule has 4 nitrogen and oxygen atoms in total. The van der Waals surface area contributed by atoms with Crippen molar-refractivity contribution >= 4 is 25.2 Å². The third-order valence-corrected chi connectivity index (χ3v) is 2.31.